The minimum absolute atomic E-state index is 0.0695. The summed E-state index contributed by atoms with van der Waals surface area (Å²) >= 11 is 6.70. The van der Waals surface area contributed by atoms with Crippen LogP contribution in [0.15, 0.2) is 47.4 Å². The summed E-state index contributed by atoms with van der Waals surface area (Å²) < 4.78 is 40.4. The Hall–Kier alpha value is -2.43. The number of nitrogens with one attached hydrogen (secondary N) is 2. The predicted octanol–water partition coefficient (Wildman–Crippen LogP) is 5.40. The van der Waals surface area contributed by atoms with Gasteiger partial charge in [-0.2, -0.15) is 0 Å². The molecule has 1 saturated heterocycles. The lowest BCUT2D eigenvalue weighted by Crippen LogP contribution is -2.53. The number of ether oxygens (including phenoxy) is 2. The van der Waals surface area contributed by atoms with Crippen LogP contribution in [0.4, 0.5) is 0 Å². The number of halogens is 1. The first-order valence-corrected chi connectivity index (χ1v) is 16.3. The van der Waals surface area contributed by atoms with Crippen molar-refractivity contribution in [2.24, 2.45) is 11.8 Å². The lowest BCUT2D eigenvalue weighted by atomic mass is 9.85. The number of rotatable bonds is 9. The molecular formula is C31H40ClN3O5S. The van der Waals surface area contributed by atoms with Gasteiger partial charge in [0.25, 0.3) is 0 Å². The van der Waals surface area contributed by atoms with E-state index in [0.717, 1.165) is 23.1 Å². The SMILES string of the molecule is COCCc1ccc(-c2[nH]c3cc(S(=O)(=O)NC4CCC(C(=O)N5CCOCC5C(C)C)CC4)ccc3c2Cl)cc1. The van der Waals surface area contributed by atoms with Crippen molar-refractivity contribution < 1.29 is 22.7 Å². The maximum atomic E-state index is 13.4. The number of aromatic nitrogens is 1. The molecule has 0 radical (unpaired) electrons. The molecule has 1 saturated carbocycles. The van der Waals surface area contributed by atoms with Crippen LogP contribution in [0, 0.1) is 11.8 Å². The monoisotopic (exact) mass is 601 g/mol. The Morgan fingerprint density at radius 2 is 1.88 bits per heavy atom. The smallest absolute Gasteiger partial charge is 0.240 e. The highest BCUT2D eigenvalue weighted by molar-refractivity contribution is 7.89. The van der Waals surface area contributed by atoms with Gasteiger partial charge in [-0.05, 0) is 67.3 Å². The summed E-state index contributed by atoms with van der Waals surface area (Å²) in [5.41, 5.74) is 3.51. The van der Waals surface area contributed by atoms with Gasteiger partial charge in [0.2, 0.25) is 15.9 Å². The number of aromatic amines is 1. The number of H-pyrrole nitrogens is 1. The Morgan fingerprint density at radius 3 is 2.56 bits per heavy atom. The molecule has 1 aliphatic heterocycles. The first-order valence-electron chi connectivity index (χ1n) is 14.5. The van der Waals surface area contributed by atoms with Crippen LogP contribution >= 0.6 is 11.6 Å². The third-order valence-corrected chi connectivity index (χ3v) is 10.4. The molecule has 41 heavy (non-hydrogen) atoms. The molecule has 2 fully saturated rings. The Labute approximate surface area is 247 Å². The zero-order valence-corrected chi connectivity index (χ0v) is 25.6. The molecule has 2 aliphatic rings. The zero-order chi connectivity index (χ0) is 29.1. The van der Waals surface area contributed by atoms with E-state index in [4.69, 9.17) is 21.1 Å². The van der Waals surface area contributed by atoms with Gasteiger partial charge >= 0.3 is 0 Å². The van der Waals surface area contributed by atoms with Gasteiger partial charge < -0.3 is 19.4 Å². The second kappa shape index (κ2) is 12.8. The number of carbonyl (C=O) groups excluding carboxylic acids is 1. The van der Waals surface area contributed by atoms with E-state index in [0.29, 0.717) is 68.5 Å². The fourth-order valence-electron chi connectivity index (χ4n) is 6.00. The first-order chi connectivity index (χ1) is 19.7. The number of methoxy groups -OCH3 is 1. The largest absolute Gasteiger partial charge is 0.384 e. The summed E-state index contributed by atoms with van der Waals surface area (Å²) in [6.45, 7) is 6.67. The van der Waals surface area contributed by atoms with Gasteiger partial charge in [0.05, 0.1) is 41.5 Å². The number of hydrogen-bond acceptors (Lipinski definition) is 5. The van der Waals surface area contributed by atoms with E-state index in [1.165, 1.54) is 5.56 Å². The molecule has 2 N–H and O–H groups in total. The number of nitrogens with zero attached hydrogens (tertiary/aromatic N) is 1. The highest BCUT2D eigenvalue weighted by Gasteiger charge is 2.36. The van der Waals surface area contributed by atoms with Crippen molar-refractivity contribution in [2.75, 3.05) is 33.5 Å². The maximum absolute atomic E-state index is 13.4. The second-order valence-electron chi connectivity index (χ2n) is 11.5. The van der Waals surface area contributed by atoms with Gasteiger partial charge in [0, 0.05) is 36.5 Å². The third-order valence-electron chi connectivity index (χ3n) is 8.47. The number of benzene rings is 2. The molecule has 0 bridgehead atoms. The zero-order valence-electron chi connectivity index (χ0n) is 24.0. The van der Waals surface area contributed by atoms with Crippen molar-refractivity contribution in [3.8, 4) is 11.3 Å². The van der Waals surface area contributed by atoms with E-state index < -0.39 is 10.0 Å². The molecule has 2 heterocycles. The summed E-state index contributed by atoms with van der Waals surface area (Å²) in [4.78, 5) is 18.8. The molecule has 2 aromatic carbocycles. The molecule has 1 amide bonds. The summed E-state index contributed by atoms with van der Waals surface area (Å²) in [7, 11) is -2.06. The molecule has 1 aromatic heterocycles. The number of hydrogen-bond donors (Lipinski definition) is 2. The summed E-state index contributed by atoms with van der Waals surface area (Å²) in [5.74, 6) is 0.444. The Bertz CT molecular complexity index is 1460. The van der Waals surface area contributed by atoms with Crippen molar-refractivity contribution in [2.45, 2.75) is 62.9 Å². The molecule has 3 aromatic rings. The fourth-order valence-corrected chi connectivity index (χ4v) is 7.65. The van der Waals surface area contributed by atoms with E-state index in [9.17, 15) is 13.2 Å². The second-order valence-corrected chi connectivity index (χ2v) is 13.6. The average Bonchev–Trinajstić information content (AvgIpc) is 3.31. The quantitative estimate of drug-likeness (QED) is 0.342. The van der Waals surface area contributed by atoms with Crippen LogP contribution in [0.3, 0.4) is 0 Å². The van der Waals surface area contributed by atoms with Crippen LogP contribution in [-0.4, -0.2) is 69.8 Å². The molecule has 1 unspecified atom stereocenters. The van der Waals surface area contributed by atoms with E-state index in [1.54, 1.807) is 25.3 Å². The lowest BCUT2D eigenvalue weighted by Gasteiger charge is -2.41. The standard InChI is InChI=1S/C31H40ClN3O5S/c1-20(2)28-19-40-17-15-35(28)31(36)23-8-10-24(11-9-23)34-41(37,38)25-12-13-26-27(18-25)33-30(29(26)32)22-6-4-21(5-7-22)14-16-39-3/h4-7,12-13,18,20,23-24,28,33-34H,8-11,14-17,19H2,1-3H3. The van der Waals surface area contributed by atoms with Crippen LogP contribution in [0.5, 0.6) is 0 Å². The summed E-state index contributed by atoms with van der Waals surface area (Å²) in [5, 5.41) is 1.33. The van der Waals surface area contributed by atoms with Gasteiger partial charge in [-0.15, -0.1) is 0 Å². The fraction of sp³-hybridized carbons (Fsp3) is 0.516. The third kappa shape index (κ3) is 6.65. The number of fused-ring (bicyclic) bond motifs is 1. The number of sulfonamides is 1. The number of morpholine rings is 1. The van der Waals surface area contributed by atoms with Crippen LogP contribution in [0.25, 0.3) is 22.2 Å². The Balaban J connectivity index is 1.24. The van der Waals surface area contributed by atoms with Crippen LogP contribution in [-0.2, 0) is 30.7 Å². The van der Waals surface area contributed by atoms with Gasteiger partial charge in [-0.3, -0.25) is 4.79 Å². The summed E-state index contributed by atoms with van der Waals surface area (Å²) in [6.07, 6.45) is 3.44. The normalized spacial score (nSPS) is 22.0. The Morgan fingerprint density at radius 1 is 1.15 bits per heavy atom. The van der Waals surface area contributed by atoms with Gasteiger partial charge in [0.1, 0.15) is 0 Å². The van der Waals surface area contributed by atoms with E-state index in [-0.39, 0.29) is 28.8 Å². The minimum Gasteiger partial charge on any atom is -0.384 e. The highest BCUT2D eigenvalue weighted by atomic mass is 35.5. The van der Waals surface area contributed by atoms with Gasteiger partial charge in [-0.25, -0.2) is 13.1 Å². The molecular weight excluding hydrogens is 562 g/mol. The first kappa shape index (κ1) is 30.0. The minimum atomic E-state index is -3.75. The van der Waals surface area contributed by atoms with E-state index in [2.05, 4.69) is 23.6 Å². The van der Waals surface area contributed by atoms with Crippen LogP contribution in [0.2, 0.25) is 5.02 Å². The number of amides is 1. The summed E-state index contributed by atoms with van der Waals surface area (Å²) in [6, 6.07) is 13.0. The molecule has 222 valence electrons. The highest BCUT2D eigenvalue weighted by Crippen LogP contribution is 2.36. The van der Waals surface area contributed by atoms with Crippen molar-refractivity contribution >= 4 is 38.4 Å². The number of carbonyl (C=O) groups is 1. The average molecular weight is 602 g/mol. The molecule has 10 heteroatoms. The van der Waals surface area contributed by atoms with E-state index >= 15 is 0 Å². The molecule has 5 rings (SSSR count). The van der Waals surface area contributed by atoms with Crippen molar-refractivity contribution in [1.82, 2.24) is 14.6 Å². The van der Waals surface area contributed by atoms with E-state index in [1.807, 2.05) is 29.2 Å². The van der Waals surface area contributed by atoms with Crippen molar-refractivity contribution in [3.63, 3.8) is 0 Å². The molecule has 8 nitrogen and oxygen atoms in total. The van der Waals surface area contributed by atoms with Crippen molar-refractivity contribution in [1.29, 1.82) is 0 Å². The van der Waals surface area contributed by atoms with Crippen LogP contribution < -0.4 is 4.72 Å². The predicted molar refractivity (Wildman–Crippen MR) is 162 cm³/mol. The van der Waals surface area contributed by atoms with Crippen molar-refractivity contribution in [3.05, 3.63) is 53.1 Å². The molecule has 0 spiro atoms. The molecule has 1 aliphatic carbocycles. The van der Waals surface area contributed by atoms with Gasteiger partial charge in [0.15, 0.2) is 0 Å². The van der Waals surface area contributed by atoms with Crippen LogP contribution in [0.1, 0.15) is 45.1 Å². The molecule has 1 atom stereocenters. The Kier molecular flexibility index (Phi) is 9.40. The lowest BCUT2D eigenvalue weighted by molar-refractivity contribution is -0.147. The maximum Gasteiger partial charge on any atom is 0.240 e. The topological polar surface area (TPSA) is 101 Å². The van der Waals surface area contributed by atoms with Gasteiger partial charge in [-0.1, -0.05) is 49.7 Å².